The molecule has 1 heterocycles. The number of rotatable bonds is 5. The highest BCUT2D eigenvalue weighted by atomic mass is 32.2. The van der Waals surface area contributed by atoms with Crippen LogP contribution in [0.25, 0.3) is 0 Å². The Kier molecular flexibility index (Phi) is 3.82. The number of aryl methyl sites for hydroxylation is 1. The van der Waals surface area contributed by atoms with Gasteiger partial charge in [-0.25, -0.2) is 8.42 Å². The predicted molar refractivity (Wildman–Crippen MR) is 61.9 cm³/mol. The largest absolute Gasteiger partial charge is 0.360 e. The molecule has 0 amide bonds. The molecular formula is C8H14N2O5S2. The normalized spacial score (nSPS) is 12.6. The highest BCUT2D eigenvalue weighted by Crippen LogP contribution is 2.17. The van der Waals surface area contributed by atoms with Crippen LogP contribution in [-0.2, 0) is 20.1 Å². The van der Waals surface area contributed by atoms with E-state index in [2.05, 4.69) is 9.28 Å². The van der Waals surface area contributed by atoms with Crippen molar-refractivity contribution in [3.8, 4) is 5.88 Å². The first-order valence-electron chi connectivity index (χ1n) is 4.84. The lowest BCUT2D eigenvalue weighted by molar-refractivity contribution is 0.477. The minimum Gasteiger partial charge on any atom is -0.360 e. The zero-order chi connectivity index (χ0) is 13.3. The molecule has 7 nitrogen and oxygen atoms in total. The molecule has 0 spiro atoms. The molecule has 0 aliphatic heterocycles. The fraction of sp³-hybridized carbons (Fsp3) is 0.625. The zero-order valence-corrected chi connectivity index (χ0v) is 11.4. The van der Waals surface area contributed by atoms with Crippen molar-refractivity contribution in [3.63, 3.8) is 0 Å². The first-order valence-corrected chi connectivity index (χ1v) is 8.27. The van der Waals surface area contributed by atoms with Gasteiger partial charge in [0, 0.05) is 11.8 Å². The fourth-order valence-corrected chi connectivity index (χ4v) is 2.81. The molecule has 0 N–H and O–H groups in total. The summed E-state index contributed by atoms with van der Waals surface area (Å²) in [4.78, 5) is 0. The molecule has 17 heavy (non-hydrogen) atoms. The van der Waals surface area contributed by atoms with E-state index < -0.39 is 20.1 Å². The fourth-order valence-electron chi connectivity index (χ4n) is 1.14. The quantitative estimate of drug-likeness (QED) is 0.712. The summed E-state index contributed by atoms with van der Waals surface area (Å²) in [5, 5.41) is 3.61. The van der Waals surface area contributed by atoms with Crippen LogP contribution in [0.15, 0.2) is 6.20 Å². The molecule has 98 valence electrons. The lowest BCUT2D eigenvalue weighted by Crippen LogP contribution is -2.17. The molecular weight excluding hydrogens is 268 g/mol. The second kappa shape index (κ2) is 4.65. The van der Waals surface area contributed by atoms with Gasteiger partial charge in [-0.1, -0.05) is 6.92 Å². The number of hydrogen-bond acceptors (Lipinski definition) is 6. The van der Waals surface area contributed by atoms with Gasteiger partial charge in [0.2, 0.25) is 0 Å². The maximum Gasteiger partial charge on any atom is 0.307 e. The number of hydrogen-bond donors (Lipinski definition) is 0. The molecule has 0 saturated carbocycles. The van der Waals surface area contributed by atoms with E-state index in [1.807, 2.05) is 0 Å². The van der Waals surface area contributed by atoms with Crippen LogP contribution in [0.5, 0.6) is 5.88 Å². The van der Waals surface area contributed by atoms with Crippen molar-refractivity contribution >= 4 is 20.1 Å². The Hall–Kier alpha value is -1.09. The van der Waals surface area contributed by atoms with E-state index >= 15 is 0 Å². The monoisotopic (exact) mass is 282 g/mol. The Morgan fingerprint density at radius 3 is 2.41 bits per heavy atom. The average Bonchev–Trinajstić information content (AvgIpc) is 2.45. The highest BCUT2D eigenvalue weighted by molar-refractivity contribution is 7.89. The van der Waals surface area contributed by atoms with Crippen LogP contribution in [-0.4, -0.2) is 38.0 Å². The standard InChI is InChI=1S/C8H14N2O5S2/c1-4-5-17(13,14)10-6-7(2)8(9-10)15-16(3,11)12/h6H,4-5H2,1-3H3. The van der Waals surface area contributed by atoms with E-state index in [1.165, 1.54) is 13.1 Å². The molecule has 1 rings (SSSR count). The van der Waals surface area contributed by atoms with Crippen LogP contribution >= 0.6 is 0 Å². The Balaban J connectivity index is 3.13. The van der Waals surface area contributed by atoms with Gasteiger partial charge >= 0.3 is 10.1 Å². The summed E-state index contributed by atoms with van der Waals surface area (Å²) < 4.78 is 50.5. The first kappa shape index (κ1) is 14.0. The summed E-state index contributed by atoms with van der Waals surface area (Å²) in [6.07, 6.45) is 2.54. The van der Waals surface area contributed by atoms with Crippen LogP contribution < -0.4 is 4.18 Å². The molecule has 0 unspecified atom stereocenters. The molecule has 0 fully saturated rings. The van der Waals surface area contributed by atoms with Crippen LogP contribution in [0.4, 0.5) is 0 Å². The highest BCUT2D eigenvalue weighted by Gasteiger charge is 2.18. The maximum atomic E-state index is 11.7. The van der Waals surface area contributed by atoms with Crippen molar-refractivity contribution in [3.05, 3.63) is 11.8 Å². The summed E-state index contributed by atoms with van der Waals surface area (Å²) in [6, 6.07) is 0. The van der Waals surface area contributed by atoms with Gasteiger partial charge in [0.05, 0.1) is 12.0 Å². The molecule has 1 aromatic heterocycles. The summed E-state index contributed by atoms with van der Waals surface area (Å²) in [5.74, 6) is -0.279. The van der Waals surface area contributed by atoms with Crippen molar-refractivity contribution in [2.24, 2.45) is 0 Å². The van der Waals surface area contributed by atoms with Crippen LogP contribution in [0.2, 0.25) is 0 Å². The van der Waals surface area contributed by atoms with Crippen molar-refractivity contribution < 1.29 is 21.0 Å². The summed E-state index contributed by atoms with van der Waals surface area (Å²) in [7, 11) is -7.25. The average molecular weight is 282 g/mol. The Labute approximate surface area is 101 Å². The van der Waals surface area contributed by atoms with Crippen LogP contribution in [0.1, 0.15) is 18.9 Å². The van der Waals surface area contributed by atoms with E-state index in [0.29, 0.717) is 12.0 Å². The van der Waals surface area contributed by atoms with Gasteiger partial charge in [-0.2, -0.15) is 12.5 Å². The molecule has 0 aliphatic carbocycles. The smallest absolute Gasteiger partial charge is 0.307 e. The Morgan fingerprint density at radius 2 is 1.94 bits per heavy atom. The first-order chi connectivity index (χ1) is 7.65. The van der Waals surface area contributed by atoms with Crippen LogP contribution in [0, 0.1) is 6.92 Å². The van der Waals surface area contributed by atoms with Crippen molar-refractivity contribution in [2.45, 2.75) is 20.3 Å². The van der Waals surface area contributed by atoms with Gasteiger partial charge in [0.25, 0.3) is 15.9 Å². The predicted octanol–water partition coefficient (Wildman–Crippen LogP) is 0.118. The summed E-state index contributed by atoms with van der Waals surface area (Å²) in [6.45, 7) is 3.24. The molecule has 0 atom stereocenters. The lowest BCUT2D eigenvalue weighted by atomic mass is 10.4. The third kappa shape index (κ3) is 3.70. The topological polar surface area (TPSA) is 95.3 Å². The third-order valence-corrected chi connectivity index (χ3v) is 3.95. The van der Waals surface area contributed by atoms with E-state index in [0.717, 1.165) is 10.3 Å². The van der Waals surface area contributed by atoms with Crippen molar-refractivity contribution in [1.29, 1.82) is 0 Å². The van der Waals surface area contributed by atoms with Crippen LogP contribution in [0.3, 0.4) is 0 Å². The molecule has 0 bridgehead atoms. The van der Waals surface area contributed by atoms with Gasteiger partial charge in [-0.15, -0.1) is 5.10 Å². The minimum absolute atomic E-state index is 0.0631. The van der Waals surface area contributed by atoms with Gasteiger partial charge in [0.1, 0.15) is 0 Å². The summed E-state index contributed by atoms with van der Waals surface area (Å²) in [5.41, 5.74) is 0.343. The molecule has 1 aromatic rings. The molecule has 0 radical (unpaired) electrons. The zero-order valence-electron chi connectivity index (χ0n) is 9.74. The molecule has 9 heteroatoms. The van der Waals surface area contributed by atoms with Gasteiger partial charge in [-0.3, -0.25) is 0 Å². The second-order valence-corrected chi connectivity index (χ2v) is 7.11. The van der Waals surface area contributed by atoms with Gasteiger partial charge < -0.3 is 4.18 Å². The molecule has 0 aliphatic rings. The second-order valence-electron chi connectivity index (χ2n) is 3.59. The third-order valence-electron chi connectivity index (χ3n) is 1.81. The van der Waals surface area contributed by atoms with Crippen molar-refractivity contribution in [1.82, 2.24) is 9.19 Å². The van der Waals surface area contributed by atoms with Crippen molar-refractivity contribution in [2.75, 3.05) is 12.0 Å². The van der Waals surface area contributed by atoms with E-state index in [4.69, 9.17) is 0 Å². The summed E-state index contributed by atoms with van der Waals surface area (Å²) >= 11 is 0. The SMILES string of the molecule is CCCS(=O)(=O)n1cc(C)c(OS(C)(=O)=O)n1. The molecule has 0 saturated heterocycles. The Bertz CT molecular complexity index is 600. The van der Waals surface area contributed by atoms with Gasteiger partial charge in [-0.05, 0) is 13.3 Å². The minimum atomic E-state index is -3.71. The number of nitrogens with zero attached hydrogens (tertiary/aromatic N) is 2. The lowest BCUT2D eigenvalue weighted by Gasteiger charge is -2.01. The van der Waals surface area contributed by atoms with E-state index in [9.17, 15) is 16.8 Å². The van der Waals surface area contributed by atoms with E-state index in [-0.39, 0.29) is 11.6 Å². The van der Waals surface area contributed by atoms with Gasteiger partial charge in [0.15, 0.2) is 0 Å². The molecule has 0 aromatic carbocycles. The number of aromatic nitrogens is 2. The maximum absolute atomic E-state index is 11.7. The Morgan fingerprint density at radius 1 is 1.35 bits per heavy atom. The van der Waals surface area contributed by atoms with E-state index in [1.54, 1.807) is 6.92 Å².